The summed E-state index contributed by atoms with van der Waals surface area (Å²) in [7, 11) is 0. The molecule has 0 amide bonds. The van der Waals surface area contributed by atoms with Gasteiger partial charge in [0.1, 0.15) is 5.82 Å². The van der Waals surface area contributed by atoms with Gasteiger partial charge in [0.05, 0.1) is 45.5 Å². The Morgan fingerprint density at radius 3 is 1.58 bits per heavy atom. The van der Waals surface area contributed by atoms with Crippen LogP contribution in [0.4, 0.5) is 10.1 Å². The molecule has 1 N–H and O–H groups in total. The fourth-order valence-electron chi connectivity index (χ4n) is 5.01. The molecule has 0 unspecified atom stereocenters. The number of carbonyl (C=O) groups excluding carboxylic acids is 1. The molecule has 0 saturated carbocycles. The fourth-order valence-corrected chi connectivity index (χ4v) is 5.01. The van der Waals surface area contributed by atoms with Gasteiger partial charge in [-0.2, -0.15) is 0 Å². The summed E-state index contributed by atoms with van der Waals surface area (Å²) in [5.74, 6) is -2.07. The van der Waals surface area contributed by atoms with Crippen LogP contribution in [0.5, 0.6) is 0 Å². The van der Waals surface area contributed by atoms with E-state index in [-0.39, 0.29) is 49.7 Å². The quantitative estimate of drug-likeness (QED) is 0.202. The van der Waals surface area contributed by atoms with Gasteiger partial charge in [-0.3, -0.25) is 24.7 Å². The molecule has 259 valence electrons. The first-order valence-electron chi connectivity index (χ1n) is 15.1. The first kappa shape index (κ1) is 41.6. The van der Waals surface area contributed by atoms with Crippen LogP contribution in [0.3, 0.4) is 0 Å². The topological polar surface area (TPSA) is 129 Å². The van der Waals surface area contributed by atoms with E-state index >= 15 is 0 Å². The number of pyridine rings is 5. The molecule has 1 radical (unpaired) electrons. The summed E-state index contributed by atoms with van der Waals surface area (Å²) in [6.07, 6.45) is 8.33. The van der Waals surface area contributed by atoms with Gasteiger partial charge in [-0.25, -0.2) is 4.39 Å². The van der Waals surface area contributed by atoms with Crippen molar-refractivity contribution < 1.29 is 58.6 Å². The van der Waals surface area contributed by atoms with Crippen molar-refractivity contribution in [2.24, 2.45) is 0 Å². The van der Waals surface area contributed by atoms with Gasteiger partial charge >= 0.3 is 19.5 Å². The molecule has 0 bridgehead atoms. The number of hydrogen-bond acceptors (Lipinski definition) is 9. The minimum Gasteiger partial charge on any atom is -1.00 e. The van der Waals surface area contributed by atoms with Crippen LogP contribution in [0.2, 0.25) is 0 Å². The van der Waals surface area contributed by atoms with Crippen molar-refractivity contribution in [3.63, 3.8) is 0 Å². The summed E-state index contributed by atoms with van der Waals surface area (Å²) in [5.41, 5.74) is 3.45. The number of carboxylic acids is 1. The maximum absolute atomic E-state index is 14.5. The Balaban J connectivity index is 0.000000274. The normalized spacial score (nSPS) is 11.6. The number of aryl methyl sites for hydroxylation is 1. The van der Waals surface area contributed by atoms with Crippen LogP contribution < -0.4 is 45.6 Å². The Morgan fingerprint density at radius 2 is 1.22 bits per heavy atom. The van der Waals surface area contributed by atoms with Crippen molar-refractivity contribution in [2.45, 2.75) is 13.5 Å². The molecule has 1 aromatic carbocycles. The average Bonchev–Trinajstić information content (AvgIpc) is 3.14. The zero-order valence-corrected chi connectivity index (χ0v) is 30.2. The van der Waals surface area contributed by atoms with Crippen LogP contribution in [-0.4, -0.2) is 56.7 Å². The number of halogens is 3. The molecule has 0 spiro atoms. The number of anilines is 1. The molecule has 6 heterocycles. The van der Waals surface area contributed by atoms with Crippen LogP contribution >= 0.6 is 0 Å². The number of carbonyl (C=O) groups is 1. The second-order valence-corrected chi connectivity index (χ2v) is 10.4. The monoisotopic (exact) mass is 802 g/mol. The van der Waals surface area contributed by atoms with Gasteiger partial charge in [-0.15, -0.1) is 0 Å². The van der Waals surface area contributed by atoms with E-state index in [9.17, 15) is 19.1 Å². The van der Waals surface area contributed by atoms with Crippen LogP contribution in [0.15, 0.2) is 121 Å². The molecule has 14 heteroatoms. The minimum atomic E-state index is -1.55. The third-order valence-electron chi connectivity index (χ3n) is 7.35. The van der Waals surface area contributed by atoms with Gasteiger partial charge in [0.25, 0.3) is 0 Å². The van der Waals surface area contributed by atoms with Crippen molar-refractivity contribution in [1.82, 2.24) is 29.8 Å². The Hall–Kier alpha value is -4.61. The number of benzene rings is 1. The first-order chi connectivity index (χ1) is 23.0. The van der Waals surface area contributed by atoms with Gasteiger partial charge in [-0.05, 0) is 67.6 Å². The van der Waals surface area contributed by atoms with Gasteiger partial charge in [0, 0.05) is 69.1 Å². The summed E-state index contributed by atoms with van der Waals surface area (Å²) in [4.78, 5) is 42.0. The number of hydrogen-bond donors (Lipinski definition) is 1. The molecule has 1 fully saturated rings. The Bertz CT molecular complexity index is 1820. The Morgan fingerprint density at radius 1 is 0.780 bits per heavy atom. The number of rotatable bonds is 5. The molecule has 1 aliphatic heterocycles. The number of aromatic carboxylic acids is 1. The average molecular weight is 803 g/mol. The van der Waals surface area contributed by atoms with E-state index in [0.29, 0.717) is 30.8 Å². The number of nitrogens with one attached hydrogen (secondary N) is 1. The van der Waals surface area contributed by atoms with Crippen molar-refractivity contribution in [3.8, 4) is 22.8 Å². The molecular weight excluding hydrogens is 769 g/mol. The largest absolute Gasteiger partial charge is 3.00 e. The molecule has 0 aliphatic carbocycles. The standard InChI is InChI=1S/C16H18FN3O3.2C10H8N2.2ClH.Ru/c1-2-19-9-11(16(22)23)15(21)10-7-12(17)14(8-13(10)19)20-5-3-18-4-6-20;2*1-3-7-11-9(5-1)10-6-2-4-8-12-10;;;/h7-9,18H,2-6H2,1H3,(H,22,23);2*1-8H;2*1H;/q;;;;;+3/p-3. The first-order valence-corrected chi connectivity index (χ1v) is 15.1. The number of nitrogens with zero attached hydrogens (tertiary/aromatic N) is 6. The number of carboxylic acid groups (broad SMARTS) is 1. The maximum atomic E-state index is 14.5. The smallest absolute Gasteiger partial charge is 1.00 e. The molecule has 5 aromatic heterocycles. The van der Waals surface area contributed by atoms with E-state index in [2.05, 4.69) is 25.3 Å². The van der Waals surface area contributed by atoms with Crippen molar-refractivity contribution in [3.05, 3.63) is 138 Å². The van der Waals surface area contributed by atoms with Gasteiger partial charge in [0.15, 0.2) is 5.43 Å². The predicted molar refractivity (Wildman–Crippen MR) is 178 cm³/mol. The van der Waals surface area contributed by atoms with Crippen LogP contribution in [0.25, 0.3) is 33.7 Å². The maximum Gasteiger partial charge on any atom is 3.00 e. The third kappa shape index (κ3) is 10.7. The predicted octanol–water partition coefficient (Wildman–Crippen LogP) is -1.77. The van der Waals surface area contributed by atoms with Crippen molar-refractivity contribution in [2.75, 3.05) is 31.1 Å². The zero-order valence-electron chi connectivity index (χ0n) is 26.9. The molecule has 1 aliphatic rings. The SMILES string of the molecule is CCn1cc(C(=O)[O-])c(=O)c2cc(F)c(N3CCNCC3)cc21.[Cl-].[Cl-].[Ru+3].c1ccc(-c2ccccn2)nc1.c1ccc(-c2ccccn2)nc1. The van der Waals surface area contributed by atoms with E-state index in [1.54, 1.807) is 35.4 Å². The van der Waals surface area contributed by atoms with Crippen LogP contribution in [0.1, 0.15) is 17.3 Å². The number of piperazine rings is 1. The molecule has 1 saturated heterocycles. The van der Waals surface area contributed by atoms with Crippen molar-refractivity contribution in [1.29, 1.82) is 0 Å². The summed E-state index contributed by atoms with van der Waals surface area (Å²) < 4.78 is 16.1. The van der Waals surface area contributed by atoms with Crippen LogP contribution in [0, 0.1) is 5.82 Å². The second-order valence-electron chi connectivity index (χ2n) is 10.4. The summed E-state index contributed by atoms with van der Waals surface area (Å²) in [6, 6.07) is 25.9. The summed E-state index contributed by atoms with van der Waals surface area (Å²) in [5, 5.41) is 14.4. The fraction of sp³-hybridized carbons (Fsp3) is 0.167. The van der Waals surface area contributed by atoms with E-state index in [1.165, 1.54) is 6.20 Å². The van der Waals surface area contributed by atoms with E-state index in [1.807, 2.05) is 84.6 Å². The third-order valence-corrected chi connectivity index (χ3v) is 7.35. The molecule has 6 aromatic rings. The second kappa shape index (κ2) is 20.8. The van der Waals surface area contributed by atoms with Crippen LogP contribution in [-0.2, 0) is 26.0 Å². The summed E-state index contributed by atoms with van der Waals surface area (Å²) in [6.45, 7) is 5.18. The molecular formula is C36H33Cl2FN7O3Ru. The molecule has 0 atom stereocenters. The molecule has 50 heavy (non-hydrogen) atoms. The Kier molecular flexibility index (Phi) is 17.3. The van der Waals surface area contributed by atoms with Gasteiger partial charge in [0.2, 0.25) is 0 Å². The Labute approximate surface area is 314 Å². The van der Waals surface area contributed by atoms with E-state index in [4.69, 9.17) is 0 Å². The molecule has 10 nitrogen and oxygen atoms in total. The van der Waals surface area contributed by atoms with Gasteiger partial charge < -0.3 is 49.5 Å². The zero-order chi connectivity index (χ0) is 33.0. The molecule has 7 rings (SSSR count). The number of fused-ring (bicyclic) bond motifs is 1. The minimum absolute atomic E-state index is 0. The summed E-state index contributed by atoms with van der Waals surface area (Å²) >= 11 is 0. The van der Waals surface area contributed by atoms with E-state index in [0.717, 1.165) is 41.9 Å². The van der Waals surface area contributed by atoms with Gasteiger partial charge in [-0.1, -0.05) is 24.3 Å². The van der Waals surface area contributed by atoms with Crippen molar-refractivity contribution >= 4 is 22.6 Å². The van der Waals surface area contributed by atoms with E-state index < -0.39 is 22.8 Å². The number of aromatic nitrogens is 5.